The number of rotatable bonds is 7. The molecular formula is C25H32ClN5O5S. The molecule has 200 valence electrons. The minimum atomic E-state index is -4.26. The first kappa shape index (κ1) is 27.3. The summed E-state index contributed by atoms with van der Waals surface area (Å²) in [6, 6.07) is 7.71. The van der Waals surface area contributed by atoms with Crippen molar-refractivity contribution in [1.29, 1.82) is 0 Å². The summed E-state index contributed by atoms with van der Waals surface area (Å²) in [5, 5.41) is 1.92. The standard InChI is InChI=1S/C25H32ClN5O5S/c1-17(24(33)29-10-3-9-28(2)12-13-29)30-11-8-22(25(30)34)31(16-23(27)32)37(35,36)21-7-5-18-14-20(26)6-4-19(18)15-21/h4-7,14-15,17,22H,3,8-13,16H2,1-2H3,(H2,27,32)/t17-,22-/m0/s1. The minimum Gasteiger partial charge on any atom is -0.369 e. The van der Waals surface area contributed by atoms with Crippen LogP contribution in [0.25, 0.3) is 10.8 Å². The molecule has 0 aliphatic carbocycles. The highest BCUT2D eigenvalue weighted by molar-refractivity contribution is 7.89. The number of fused-ring (bicyclic) bond motifs is 1. The first-order chi connectivity index (χ1) is 17.5. The van der Waals surface area contributed by atoms with Crippen LogP contribution in [0.1, 0.15) is 19.8 Å². The molecule has 2 aromatic rings. The number of amides is 3. The monoisotopic (exact) mass is 549 g/mol. The third-order valence-corrected chi connectivity index (χ3v) is 9.19. The Hall–Kier alpha value is -2.73. The van der Waals surface area contributed by atoms with Crippen LogP contribution in [0.5, 0.6) is 0 Å². The summed E-state index contributed by atoms with van der Waals surface area (Å²) in [5.41, 5.74) is 5.41. The van der Waals surface area contributed by atoms with Gasteiger partial charge in [0, 0.05) is 31.2 Å². The molecule has 2 saturated heterocycles. The number of halogens is 1. The molecule has 2 aromatic carbocycles. The highest BCUT2D eigenvalue weighted by Crippen LogP contribution is 2.29. The Morgan fingerprint density at radius 1 is 1.08 bits per heavy atom. The van der Waals surface area contributed by atoms with Crippen molar-refractivity contribution in [2.45, 2.75) is 36.7 Å². The fourth-order valence-corrected chi connectivity index (χ4v) is 6.80. The highest BCUT2D eigenvalue weighted by atomic mass is 35.5. The summed E-state index contributed by atoms with van der Waals surface area (Å²) in [6.07, 6.45) is 0.989. The summed E-state index contributed by atoms with van der Waals surface area (Å²) in [7, 11) is -2.26. The fraction of sp³-hybridized carbons (Fsp3) is 0.480. The maximum atomic E-state index is 13.7. The molecule has 2 atom stereocenters. The number of hydrogen-bond acceptors (Lipinski definition) is 6. The Morgan fingerprint density at radius 2 is 1.78 bits per heavy atom. The molecule has 12 heteroatoms. The SMILES string of the molecule is C[C@@H](C(=O)N1CCCN(C)CC1)N1CC[C@H](N(CC(N)=O)S(=O)(=O)c2ccc3cc(Cl)ccc3c2)C1=O. The lowest BCUT2D eigenvalue weighted by Gasteiger charge is -2.31. The van der Waals surface area contributed by atoms with Gasteiger partial charge in [0.15, 0.2) is 0 Å². The number of carbonyl (C=O) groups is 3. The third kappa shape index (κ3) is 5.74. The van der Waals surface area contributed by atoms with E-state index >= 15 is 0 Å². The van der Waals surface area contributed by atoms with Crippen molar-refractivity contribution in [3.63, 3.8) is 0 Å². The van der Waals surface area contributed by atoms with E-state index in [0.717, 1.165) is 29.2 Å². The van der Waals surface area contributed by atoms with Crippen molar-refractivity contribution in [2.75, 3.05) is 46.3 Å². The largest absolute Gasteiger partial charge is 0.369 e. The van der Waals surface area contributed by atoms with Gasteiger partial charge in [-0.2, -0.15) is 4.31 Å². The molecule has 0 spiro atoms. The summed E-state index contributed by atoms with van der Waals surface area (Å²) >= 11 is 6.03. The first-order valence-electron chi connectivity index (χ1n) is 12.3. The van der Waals surface area contributed by atoms with Crippen LogP contribution in [-0.2, 0) is 24.4 Å². The molecule has 0 saturated carbocycles. The van der Waals surface area contributed by atoms with E-state index in [2.05, 4.69) is 4.90 Å². The number of likely N-dealkylation sites (N-methyl/N-ethyl adjacent to an activating group) is 1. The molecule has 3 amide bonds. The number of likely N-dealkylation sites (tertiary alicyclic amines) is 1. The van der Waals surface area contributed by atoms with Crippen molar-refractivity contribution in [1.82, 2.24) is 19.0 Å². The predicted octanol–water partition coefficient (Wildman–Crippen LogP) is 1.12. The van der Waals surface area contributed by atoms with Crippen LogP contribution in [0, 0.1) is 0 Å². The van der Waals surface area contributed by atoms with Crippen molar-refractivity contribution in [3.05, 3.63) is 41.4 Å². The lowest BCUT2D eigenvalue weighted by molar-refractivity contribution is -0.144. The topological polar surface area (TPSA) is 124 Å². The van der Waals surface area contributed by atoms with E-state index in [0.29, 0.717) is 23.5 Å². The fourth-order valence-electron chi connectivity index (χ4n) is 5.01. The van der Waals surface area contributed by atoms with E-state index in [1.807, 2.05) is 7.05 Å². The van der Waals surface area contributed by atoms with E-state index in [4.69, 9.17) is 17.3 Å². The van der Waals surface area contributed by atoms with Crippen LogP contribution in [0.15, 0.2) is 41.3 Å². The van der Waals surface area contributed by atoms with Crippen molar-refractivity contribution >= 4 is 50.1 Å². The average Bonchev–Trinajstić information content (AvgIpc) is 3.09. The molecule has 0 bridgehead atoms. The molecule has 0 aromatic heterocycles. The maximum absolute atomic E-state index is 13.7. The van der Waals surface area contributed by atoms with E-state index in [1.165, 1.54) is 17.0 Å². The van der Waals surface area contributed by atoms with Gasteiger partial charge in [0.25, 0.3) is 0 Å². The number of primary amides is 1. The zero-order valence-electron chi connectivity index (χ0n) is 21.0. The summed E-state index contributed by atoms with van der Waals surface area (Å²) in [6.45, 7) is 4.03. The smallest absolute Gasteiger partial charge is 0.245 e. The van der Waals surface area contributed by atoms with Gasteiger partial charge in [-0.1, -0.05) is 23.7 Å². The van der Waals surface area contributed by atoms with Gasteiger partial charge in [-0.05, 0) is 68.4 Å². The lowest BCUT2D eigenvalue weighted by Crippen LogP contribution is -2.52. The van der Waals surface area contributed by atoms with Crippen LogP contribution in [0.3, 0.4) is 0 Å². The second-order valence-electron chi connectivity index (χ2n) is 9.66. The van der Waals surface area contributed by atoms with Gasteiger partial charge in [-0.3, -0.25) is 14.4 Å². The van der Waals surface area contributed by atoms with Gasteiger partial charge in [-0.25, -0.2) is 8.42 Å². The van der Waals surface area contributed by atoms with Crippen molar-refractivity contribution < 1.29 is 22.8 Å². The van der Waals surface area contributed by atoms with Gasteiger partial charge in [0.2, 0.25) is 27.7 Å². The number of sulfonamides is 1. The number of carbonyl (C=O) groups excluding carboxylic acids is 3. The molecule has 2 fully saturated rings. The normalized spacial score (nSPS) is 20.4. The van der Waals surface area contributed by atoms with Gasteiger partial charge in [-0.15, -0.1) is 0 Å². The van der Waals surface area contributed by atoms with Crippen LogP contribution in [-0.4, -0.2) is 104 Å². The second kappa shape index (κ2) is 10.9. The number of nitrogens with two attached hydrogens (primary N) is 1. The van der Waals surface area contributed by atoms with Gasteiger partial charge in [0.1, 0.15) is 12.1 Å². The molecule has 2 aliphatic rings. The molecule has 0 radical (unpaired) electrons. The average molecular weight is 550 g/mol. The van der Waals surface area contributed by atoms with E-state index in [-0.39, 0.29) is 23.8 Å². The van der Waals surface area contributed by atoms with Gasteiger partial charge >= 0.3 is 0 Å². The lowest BCUT2D eigenvalue weighted by atomic mass is 10.1. The highest BCUT2D eigenvalue weighted by Gasteiger charge is 2.45. The molecule has 10 nitrogen and oxygen atoms in total. The van der Waals surface area contributed by atoms with Crippen LogP contribution >= 0.6 is 11.6 Å². The van der Waals surface area contributed by atoms with Crippen LogP contribution < -0.4 is 5.73 Å². The summed E-state index contributed by atoms with van der Waals surface area (Å²) in [5.74, 6) is -1.55. The number of nitrogens with zero attached hydrogens (tertiary/aromatic N) is 4. The predicted molar refractivity (Wildman–Crippen MR) is 140 cm³/mol. The van der Waals surface area contributed by atoms with Crippen LogP contribution in [0.4, 0.5) is 0 Å². The molecule has 4 rings (SSSR count). The summed E-state index contributed by atoms with van der Waals surface area (Å²) in [4.78, 5) is 43.9. The Bertz CT molecular complexity index is 1320. The summed E-state index contributed by atoms with van der Waals surface area (Å²) < 4.78 is 28.2. The zero-order chi connectivity index (χ0) is 26.9. The molecule has 2 heterocycles. The van der Waals surface area contributed by atoms with Gasteiger partial charge in [0.05, 0.1) is 11.4 Å². The minimum absolute atomic E-state index is 0.0624. The van der Waals surface area contributed by atoms with E-state index in [1.54, 1.807) is 36.1 Å². The van der Waals surface area contributed by atoms with E-state index in [9.17, 15) is 22.8 Å². The first-order valence-corrected chi connectivity index (χ1v) is 14.1. The van der Waals surface area contributed by atoms with Crippen molar-refractivity contribution in [2.24, 2.45) is 5.73 Å². The Balaban J connectivity index is 1.58. The molecule has 2 N–H and O–H groups in total. The Kier molecular flexibility index (Phi) is 8.08. The Morgan fingerprint density at radius 3 is 2.51 bits per heavy atom. The Labute approximate surface area is 222 Å². The molecular weight excluding hydrogens is 518 g/mol. The quantitative estimate of drug-likeness (QED) is 0.552. The van der Waals surface area contributed by atoms with Gasteiger partial charge < -0.3 is 20.4 Å². The third-order valence-electron chi connectivity index (χ3n) is 7.11. The molecule has 37 heavy (non-hydrogen) atoms. The second-order valence-corrected chi connectivity index (χ2v) is 12.0. The molecule has 2 aliphatic heterocycles. The van der Waals surface area contributed by atoms with Crippen LogP contribution in [0.2, 0.25) is 5.02 Å². The molecule has 0 unspecified atom stereocenters. The maximum Gasteiger partial charge on any atom is 0.245 e. The number of hydrogen-bond donors (Lipinski definition) is 1. The van der Waals surface area contributed by atoms with E-state index < -0.39 is 40.5 Å². The number of benzene rings is 2. The van der Waals surface area contributed by atoms with Crippen molar-refractivity contribution in [3.8, 4) is 0 Å². The zero-order valence-corrected chi connectivity index (χ0v) is 22.5.